The Bertz CT molecular complexity index is 855. The van der Waals surface area contributed by atoms with Crippen molar-refractivity contribution < 1.29 is 9.47 Å². The zero-order chi connectivity index (χ0) is 18.4. The lowest BCUT2D eigenvalue weighted by Crippen LogP contribution is -2.38. The Kier molecular flexibility index (Phi) is 5.65. The van der Waals surface area contributed by atoms with Gasteiger partial charge in [0.1, 0.15) is 5.69 Å². The summed E-state index contributed by atoms with van der Waals surface area (Å²) in [5, 5.41) is 0. The Morgan fingerprint density at radius 3 is 2.77 bits per heavy atom. The van der Waals surface area contributed by atoms with E-state index in [-0.39, 0.29) is 17.0 Å². The topological polar surface area (TPSA) is 106 Å². The van der Waals surface area contributed by atoms with Crippen LogP contribution in [0, 0.1) is 0 Å². The fourth-order valence-corrected chi connectivity index (χ4v) is 2.56. The predicted octanol–water partition coefficient (Wildman–Crippen LogP) is 1.32. The number of benzene rings is 1. The van der Waals surface area contributed by atoms with Gasteiger partial charge in [-0.1, -0.05) is 18.2 Å². The number of para-hydroxylation sites is 1. The molecule has 0 aliphatic carbocycles. The lowest BCUT2D eigenvalue weighted by molar-refractivity contribution is 0.122. The third kappa shape index (κ3) is 4.09. The molecule has 1 aromatic heterocycles. The molecule has 0 atom stereocenters. The number of aromatic nitrogens is 2. The summed E-state index contributed by atoms with van der Waals surface area (Å²) < 4.78 is 10.5. The first-order chi connectivity index (χ1) is 12.7. The largest absolute Gasteiger partial charge is 0.490 e. The second-order valence-electron chi connectivity index (χ2n) is 5.61. The maximum Gasteiger partial charge on any atom is 0.295 e. The lowest BCUT2D eigenvalue weighted by atomic mass is 10.2. The van der Waals surface area contributed by atoms with Gasteiger partial charge in [-0.25, -0.2) is 4.98 Å². The van der Waals surface area contributed by atoms with E-state index in [0.717, 1.165) is 5.69 Å². The zero-order valence-corrected chi connectivity index (χ0v) is 14.5. The summed E-state index contributed by atoms with van der Waals surface area (Å²) in [6.07, 6.45) is 3.17. The molecule has 0 radical (unpaired) electrons. The van der Waals surface area contributed by atoms with Crippen LogP contribution in [-0.4, -0.2) is 49.6 Å². The van der Waals surface area contributed by atoms with Crippen LogP contribution in [-0.2, 0) is 4.74 Å². The molecule has 0 unspecified atom stereocenters. The number of nitrogens with two attached hydrogens (primary N) is 1. The highest BCUT2D eigenvalue weighted by molar-refractivity contribution is 5.85. The van der Waals surface area contributed by atoms with E-state index in [1.54, 1.807) is 12.3 Å². The first-order valence-corrected chi connectivity index (χ1v) is 8.25. The lowest BCUT2D eigenvalue weighted by Gasteiger charge is -2.27. The highest BCUT2D eigenvalue weighted by Crippen LogP contribution is 2.19. The number of allylic oxidation sites excluding steroid dienone is 1. The number of methoxy groups -OCH3 is 1. The summed E-state index contributed by atoms with van der Waals surface area (Å²) in [5.74, 6) is 0.523. The van der Waals surface area contributed by atoms with Gasteiger partial charge in [0.15, 0.2) is 0 Å². The fraction of sp³-hybridized carbons (Fsp3) is 0.278. The smallest absolute Gasteiger partial charge is 0.295 e. The van der Waals surface area contributed by atoms with Crippen molar-refractivity contribution in [2.45, 2.75) is 0 Å². The Hall–Kier alpha value is -3.13. The fourth-order valence-electron chi connectivity index (χ4n) is 2.56. The third-order valence-electron chi connectivity index (χ3n) is 3.89. The summed E-state index contributed by atoms with van der Waals surface area (Å²) in [6.45, 7) is 2.46. The van der Waals surface area contributed by atoms with Crippen molar-refractivity contribution in [2.75, 3.05) is 38.3 Å². The number of ether oxygens (including phenoxy) is 2. The number of morpholine rings is 1. The number of aliphatic imine (C=N–C) groups is 1. The quantitative estimate of drug-likeness (QED) is 0.784. The van der Waals surface area contributed by atoms with Gasteiger partial charge in [-0.05, 0) is 18.2 Å². The molecule has 2 aromatic rings. The molecule has 3 rings (SSSR count). The summed E-state index contributed by atoms with van der Waals surface area (Å²) >= 11 is 0. The normalized spacial score (nSPS) is 15.4. The van der Waals surface area contributed by atoms with E-state index in [9.17, 15) is 4.79 Å². The van der Waals surface area contributed by atoms with Crippen LogP contribution >= 0.6 is 0 Å². The van der Waals surface area contributed by atoms with Crippen LogP contribution in [0.5, 0.6) is 5.75 Å². The number of nitrogens with zero attached hydrogens (tertiary/aromatic N) is 3. The molecule has 8 heteroatoms. The van der Waals surface area contributed by atoms with Crippen LogP contribution in [0.25, 0.3) is 5.70 Å². The van der Waals surface area contributed by atoms with E-state index in [2.05, 4.69) is 15.0 Å². The predicted molar refractivity (Wildman–Crippen MR) is 101 cm³/mol. The molecule has 0 saturated carbocycles. The molecule has 0 amide bonds. The SMILES string of the molecule is COc1c(/C(N)=C/C=Nc2ccccc2)nc(N2CCOCC2)[nH]c1=O. The van der Waals surface area contributed by atoms with Gasteiger partial charge in [-0.3, -0.25) is 14.8 Å². The molecule has 1 saturated heterocycles. The number of nitrogens with one attached hydrogen (secondary N) is 1. The van der Waals surface area contributed by atoms with Crippen LogP contribution < -0.4 is 20.9 Å². The monoisotopic (exact) mass is 355 g/mol. The van der Waals surface area contributed by atoms with E-state index in [4.69, 9.17) is 15.2 Å². The number of hydrogen-bond acceptors (Lipinski definition) is 7. The van der Waals surface area contributed by atoms with E-state index >= 15 is 0 Å². The van der Waals surface area contributed by atoms with Crippen LogP contribution in [0.1, 0.15) is 5.69 Å². The number of hydrogen-bond donors (Lipinski definition) is 2. The van der Waals surface area contributed by atoms with Gasteiger partial charge in [0.05, 0.1) is 31.7 Å². The zero-order valence-electron chi connectivity index (χ0n) is 14.5. The molecule has 1 fully saturated rings. The van der Waals surface area contributed by atoms with E-state index in [1.807, 2.05) is 35.2 Å². The minimum atomic E-state index is -0.379. The molecule has 3 N–H and O–H groups in total. The van der Waals surface area contributed by atoms with Gasteiger partial charge >= 0.3 is 0 Å². The van der Waals surface area contributed by atoms with Crippen molar-refractivity contribution >= 4 is 23.5 Å². The van der Waals surface area contributed by atoms with Crippen LogP contribution in [0.4, 0.5) is 11.6 Å². The maximum absolute atomic E-state index is 12.3. The summed E-state index contributed by atoms with van der Waals surface area (Å²) in [7, 11) is 1.41. The van der Waals surface area contributed by atoms with Crippen molar-refractivity contribution in [3.8, 4) is 5.75 Å². The van der Waals surface area contributed by atoms with E-state index in [1.165, 1.54) is 7.11 Å². The van der Waals surface area contributed by atoms with Crippen LogP contribution in [0.15, 0.2) is 46.2 Å². The molecular weight excluding hydrogens is 334 g/mol. The van der Waals surface area contributed by atoms with Crippen molar-refractivity contribution in [3.63, 3.8) is 0 Å². The van der Waals surface area contributed by atoms with Gasteiger partial charge in [0.2, 0.25) is 11.7 Å². The molecule has 136 valence electrons. The molecule has 1 aliphatic rings. The Morgan fingerprint density at radius 1 is 1.35 bits per heavy atom. The minimum absolute atomic E-state index is 0.0730. The second-order valence-corrected chi connectivity index (χ2v) is 5.61. The van der Waals surface area contributed by atoms with Crippen molar-refractivity contribution in [3.05, 3.63) is 52.5 Å². The molecular formula is C18H21N5O3. The summed E-state index contributed by atoms with van der Waals surface area (Å²) in [5.41, 5.74) is 7.14. The van der Waals surface area contributed by atoms with Gasteiger partial charge in [0.25, 0.3) is 5.56 Å². The first kappa shape index (κ1) is 17.7. The Labute approximate surface area is 151 Å². The number of rotatable bonds is 5. The number of aromatic amines is 1. The first-order valence-electron chi connectivity index (χ1n) is 8.25. The Balaban J connectivity index is 1.91. The van der Waals surface area contributed by atoms with E-state index < -0.39 is 0 Å². The summed E-state index contributed by atoms with van der Waals surface area (Å²) in [6, 6.07) is 9.47. The molecule has 2 heterocycles. The average molecular weight is 355 g/mol. The van der Waals surface area contributed by atoms with Gasteiger partial charge in [-0.15, -0.1) is 0 Å². The molecule has 0 spiro atoms. The Morgan fingerprint density at radius 2 is 2.08 bits per heavy atom. The van der Waals surface area contributed by atoms with E-state index in [0.29, 0.717) is 37.9 Å². The standard InChI is InChI=1S/C18H21N5O3/c1-25-16-15(14(19)7-8-20-13-5-3-2-4-6-13)21-18(22-17(16)24)23-9-11-26-12-10-23/h2-8H,9-12,19H2,1H3,(H,21,22,24)/b14-7-,20-8?. The number of H-pyrrole nitrogens is 1. The molecule has 26 heavy (non-hydrogen) atoms. The van der Waals surface area contributed by atoms with Crippen LogP contribution in [0.2, 0.25) is 0 Å². The average Bonchev–Trinajstić information content (AvgIpc) is 2.68. The molecule has 1 aromatic carbocycles. The highest BCUT2D eigenvalue weighted by atomic mass is 16.5. The van der Waals surface area contributed by atoms with Gasteiger partial charge in [0, 0.05) is 19.3 Å². The highest BCUT2D eigenvalue weighted by Gasteiger charge is 2.19. The second kappa shape index (κ2) is 8.30. The summed E-state index contributed by atoms with van der Waals surface area (Å²) in [4.78, 5) is 25.8. The minimum Gasteiger partial charge on any atom is -0.490 e. The van der Waals surface area contributed by atoms with Crippen LogP contribution in [0.3, 0.4) is 0 Å². The van der Waals surface area contributed by atoms with Crippen molar-refractivity contribution in [2.24, 2.45) is 10.7 Å². The van der Waals surface area contributed by atoms with Gasteiger partial charge in [-0.2, -0.15) is 0 Å². The van der Waals surface area contributed by atoms with Gasteiger partial charge < -0.3 is 20.1 Å². The molecule has 8 nitrogen and oxygen atoms in total. The van der Waals surface area contributed by atoms with Crippen molar-refractivity contribution in [1.82, 2.24) is 9.97 Å². The third-order valence-corrected chi connectivity index (χ3v) is 3.89. The molecule has 1 aliphatic heterocycles. The number of anilines is 1. The maximum atomic E-state index is 12.3. The van der Waals surface area contributed by atoms with Crippen molar-refractivity contribution in [1.29, 1.82) is 0 Å². The molecule has 0 bridgehead atoms.